The average Bonchev–Trinajstić information content (AvgIpc) is 3.01. The Balaban J connectivity index is 1.69. The zero-order valence-electron chi connectivity index (χ0n) is 12.0. The average molecular weight is 260 g/mol. The van der Waals surface area contributed by atoms with Crippen LogP contribution in [-0.4, -0.2) is 41.6 Å². The lowest BCUT2D eigenvalue weighted by molar-refractivity contribution is 0.204. The van der Waals surface area contributed by atoms with Crippen LogP contribution in [0.3, 0.4) is 0 Å². The standard InChI is InChI=1S/C15H24N4/c1-11-4-3-8-19(11)13-7-9-18(10-13)15-6-5-14(16)12(2)17-15/h5-6,11,13H,3-4,7-10,16H2,1-2H3. The fourth-order valence-corrected chi connectivity index (χ4v) is 3.45. The van der Waals surface area contributed by atoms with Gasteiger partial charge in [-0.25, -0.2) is 4.98 Å². The van der Waals surface area contributed by atoms with Gasteiger partial charge in [-0.3, -0.25) is 4.90 Å². The Bertz CT molecular complexity index is 459. The molecule has 2 N–H and O–H groups in total. The number of nitrogen functional groups attached to an aromatic ring is 1. The fourth-order valence-electron chi connectivity index (χ4n) is 3.45. The lowest BCUT2D eigenvalue weighted by atomic mass is 10.2. The number of nitrogens with two attached hydrogens (primary N) is 1. The van der Waals surface area contributed by atoms with Crippen molar-refractivity contribution in [2.75, 3.05) is 30.3 Å². The van der Waals surface area contributed by atoms with E-state index in [1.165, 1.54) is 25.8 Å². The van der Waals surface area contributed by atoms with Gasteiger partial charge in [0.25, 0.3) is 0 Å². The van der Waals surface area contributed by atoms with Crippen molar-refractivity contribution in [3.8, 4) is 0 Å². The first-order valence-electron chi connectivity index (χ1n) is 7.39. The Labute approximate surface area is 115 Å². The van der Waals surface area contributed by atoms with Gasteiger partial charge in [0.2, 0.25) is 0 Å². The highest BCUT2D eigenvalue weighted by Crippen LogP contribution is 2.27. The van der Waals surface area contributed by atoms with E-state index in [0.717, 1.165) is 36.3 Å². The summed E-state index contributed by atoms with van der Waals surface area (Å²) in [6.07, 6.45) is 3.97. The number of nitrogens with zero attached hydrogens (tertiary/aromatic N) is 3. The molecule has 19 heavy (non-hydrogen) atoms. The third kappa shape index (κ3) is 2.41. The first-order valence-corrected chi connectivity index (χ1v) is 7.39. The molecule has 2 aliphatic rings. The maximum Gasteiger partial charge on any atom is 0.129 e. The molecule has 104 valence electrons. The number of likely N-dealkylation sites (tertiary alicyclic amines) is 1. The predicted molar refractivity (Wildman–Crippen MR) is 79.4 cm³/mol. The molecule has 1 aromatic heterocycles. The second-order valence-corrected chi connectivity index (χ2v) is 5.96. The van der Waals surface area contributed by atoms with Crippen LogP contribution in [0, 0.1) is 6.92 Å². The van der Waals surface area contributed by atoms with Crippen LogP contribution in [0.15, 0.2) is 12.1 Å². The molecule has 0 aromatic carbocycles. The summed E-state index contributed by atoms with van der Waals surface area (Å²) >= 11 is 0. The number of hydrogen-bond donors (Lipinski definition) is 1. The second-order valence-electron chi connectivity index (χ2n) is 5.96. The van der Waals surface area contributed by atoms with Gasteiger partial charge in [-0.05, 0) is 51.8 Å². The van der Waals surface area contributed by atoms with Crippen molar-refractivity contribution in [2.45, 2.75) is 45.2 Å². The minimum absolute atomic E-state index is 0.706. The Morgan fingerprint density at radius 1 is 1.26 bits per heavy atom. The maximum atomic E-state index is 5.84. The molecular formula is C15H24N4. The van der Waals surface area contributed by atoms with E-state index in [9.17, 15) is 0 Å². The molecule has 2 atom stereocenters. The third-order valence-electron chi connectivity index (χ3n) is 4.67. The Morgan fingerprint density at radius 3 is 2.79 bits per heavy atom. The van der Waals surface area contributed by atoms with Crippen molar-refractivity contribution in [1.82, 2.24) is 9.88 Å². The molecule has 0 bridgehead atoms. The highest BCUT2D eigenvalue weighted by molar-refractivity contribution is 5.51. The van der Waals surface area contributed by atoms with E-state index in [1.54, 1.807) is 0 Å². The van der Waals surface area contributed by atoms with Gasteiger partial charge in [0.15, 0.2) is 0 Å². The van der Waals surface area contributed by atoms with Crippen LogP contribution in [0.4, 0.5) is 11.5 Å². The predicted octanol–water partition coefficient (Wildman–Crippen LogP) is 2.04. The summed E-state index contributed by atoms with van der Waals surface area (Å²) in [4.78, 5) is 9.71. The molecule has 0 aliphatic carbocycles. The normalized spacial score (nSPS) is 28.2. The van der Waals surface area contributed by atoms with Gasteiger partial charge in [0.1, 0.15) is 5.82 Å². The van der Waals surface area contributed by atoms with Crippen LogP contribution in [0.1, 0.15) is 31.9 Å². The molecule has 1 aromatic rings. The smallest absolute Gasteiger partial charge is 0.129 e. The van der Waals surface area contributed by atoms with Crippen molar-refractivity contribution in [2.24, 2.45) is 0 Å². The number of pyridine rings is 1. The molecule has 3 rings (SSSR count). The van der Waals surface area contributed by atoms with Gasteiger partial charge in [0.05, 0.1) is 11.4 Å². The number of aromatic nitrogens is 1. The summed E-state index contributed by atoms with van der Waals surface area (Å²) in [6.45, 7) is 7.84. The van der Waals surface area contributed by atoms with Crippen LogP contribution in [0.5, 0.6) is 0 Å². The molecule has 0 saturated carbocycles. The summed E-state index contributed by atoms with van der Waals surface area (Å²) in [5, 5.41) is 0. The monoisotopic (exact) mass is 260 g/mol. The minimum atomic E-state index is 0.706. The Kier molecular flexibility index (Phi) is 3.35. The van der Waals surface area contributed by atoms with Gasteiger partial charge < -0.3 is 10.6 Å². The van der Waals surface area contributed by atoms with E-state index in [0.29, 0.717) is 6.04 Å². The second kappa shape index (κ2) is 5.00. The molecule has 2 aliphatic heterocycles. The highest BCUT2D eigenvalue weighted by atomic mass is 15.3. The van der Waals surface area contributed by atoms with Crippen LogP contribution in [-0.2, 0) is 0 Å². The van der Waals surface area contributed by atoms with Gasteiger partial charge >= 0.3 is 0 Å². The summed E-state index contributed by atoms with van der Waals surface area (Å²) in [5.41, 5.74) is 7.57. The molecule has 0 radical (unpaired) electrons. The van der Waals surface area contributed by atoms with Crippen molar-refractivity contribution in [3.63, 3.8) is 0 Å². The Hall–Kier alpha value is -1.29. The zero-order chi connectivity index (χ0) is 13.4. The molecule has 4 heteroatoms. The number of rotatable bonds is 2. The molecule has 4 nitrogen and oxygen atoms in total. The van der Waals surface area contributed by atoms with Gasteiger partial charge in [0, 0.05) is 25.2 Å². The van der Waals surface area contributed by atoms with Gasteiger partial charge in [-0.2, -0.15) is 0 Å². The van der Waals surface area contributed by atoms with Gasteiger partial charge in [-0.1, -0.05) is 0 Å². The molecule has 0 spiro atoms. The zero-order valence-corrected chi connectivity index (χ0v) is 12.0. The Morgan fingerprint density at radius 2 is 2.11 bits per heavy atom. The summed E-state index contributed by atoms with van der Waals surface area (Å²) in [7, 11) is 0. The quantitative estimate of drug-likeness (QED) is 0.884. The number of anilines is 2. The first kappa shape index (κ1) is 12.7. The van der Waals surface area contributed by atoms with E-state index in [-0.39, 0.29) is 0 Å². The maximum absolute atomic E-state index is 5.84. The van der Waals surface area contributed by atoms with Crippen LogP contribution < -0.4 is 10.6 Å². The van der Waals surface area contributed by atoms with Crippen molar-refractivity contribution in [3.05, 3.63) is 17.8 Å². The van der Waals surface area contributed by atoms with Crippen LogP contribution >= 0.6 is 0 Å². The molecule has 3 heterocycles. The third-order valence-corrected chi connectivity index (χ3v) is 4.67. The van der Waals surface area contributed by atoms with Crippen LogP contribution in [0.25, 0.3) is 0 Å². The largest absolute Gasteiger partial charge is 0.397 e. The SMILES string of the molecule is Cc1nc(N2CCC(N3CCCC3C)C2)ccc1N. The van der Waals surface area contributed by atoms with Crippen LogP contribution in [0.2, 0.25) is 0 Å². The van der Waals surface area contributed by atoms with Crippen molar-refractivity contribution >= 4 is 11.5 Å². The minimum Gasteiger partial charge on any atom is -0.397 e. The summed E-state index contributed by atoms with van der Waals surface area (Å²) in [6, 6.07) is 5.49. The molecule has 2 unspecified atom stereocenters. The van der Waals surface area contributed by atoms with E-state index in [1.807, 2.05) is 13.0 Å². The molecule has 2 saturated heterocycles. The number of aryl methyl sites for hydroxylation is 1. The molecule has 2 fully saturated rings. The molecule has 0 amide bonds. The highest BCUT2D eigenvalue weighted by Gasteiger charge is 2.33. The van der Waals surface area contributed by atoms with E-state index >= 15 is 0 Å². The van der Waals surface area contributed by atoms with Gasteiger partial charge in [-0.15, -0.1) is 0 Å². The topological polar surface area (TPSA) is 45.4 Å². The van der Waals surface area contributed by atoms with E-state index in [4.69, 9.17) is 5.73 Å². The summed E-state index contributed by atoms with van der Waals surface area (Å²) in [5.74, 6) is 1.08. The lowest BCUT2D eigenvalue weighted by Gasteiger charge is -2.28. The van der Waals surface area contributed by atoms with E-state index in [2.05, 4.69) is 27.8 Å². The van der Waals surface area contributed by atoms with Crippen molar-refractivity contribution < 1.29 is 0 Å². The lowest BCUT2D eigenvalue weighted by Crippen LogP contribution is -2.39. The number of hydrogen-bond acceptors (Lipinski definition) is 4. The first-order chi connectivity index (χ1) is 9.15. The summed E-state index contributed by atoms with van der Waals surface area (Å²) < 4.78 is 0. The van der Waals surface area contributed by atoms with E-state index < -0.39 is 0 Å². The van der Waals surface area contributed by atoms with Crippen molar-refractivity contribution in [1.29, 1.82) is 0 Å². The fraction of sp³-hybridized carbons (Fsp3) is 0.667. The molecular weight excluding hydrogens is 236 g/mol.